The zero-order valence-corrected chi connectivity index (χ0v) is 14.1. The van der Waals surface area contributed by atoms with Gasteiger partial charge in [-0.25, -0.2) is 4.79 Å². The third kappa shape index (κ3) is 7.38. The lowest BCUT2D eigenvalue weighted by Gasteiger charge is -2.14. The fourth-order valence-electron chi connectivity index (χ4n) is 1.55. The molecule has 0 aliphatic rings. The molecule has 0 saturated heterocycles. The van der Waals surface area contributed by atoms with Crippen LogP contribution in [0.25, 0.3) is 0 Å². The highest BCUT2D eigenvalue weighted by molar-refractivity contribution is 9.10. The normalized spacial score (nSPS) is 11.7. The molecule has 7 heteroatoms. The van der Waals surface area contributed by atoms with Gasteiger partial charge in [-0.3, -0.25) is 4.79 Å². The van der Waals surface area contributed by atoms with Gasteiger partial charge in [-0.15, -0.1) is 0 Å². The zero-order valence-electron chi connectivity index (χ0n) is 11.7. The first-order valence-electron chi connectivity index (χ1n) is 6.42. The summed E-state index contributed by atoms with van der Waals surface area (Å²) in [6.07, 6.45) is 2.43. The van der Waals surface area contributed by atoms with Gasteiger partial charge in [0, 0.05) is 4.47 Å². The van der Waals surface area contributed by atoms with Crippen LogP contribution in [-0.2, 0) is 9.59 Å². The van der Waals surface area contributed by atoms with Crippen molar-refractivity contribution in [2.45, 2.75) is 18.9 Å². The smallest absolute Gasteiger partial charge is 0.326 e. The zero-order chi connectivity index (χ0) is 15.7. The Kier molecular flexibility index (Phi) is 8.22. The molecule has 116 valence electrons. The van der Waals surface area contributed by atoms with Crippen LogP contribution in [-0.4, -0.2) is 41.6 Å². The van der Waals surface area contributed by atoms with Crippen molar-refractivity contribution in [1.82, 2.24) is 5.32 Å². The summed E-state index contributed by atoms with van der Waals surface area (Å²) < 4.78 is 6.37. The first-order chi connectivity index (χ1) is 10.0. The predicted octanol–water partition coefficient (Wildman–Crippen LogP) is 2.54. The number of amides is 1. The van der Waals surface area contributed by atoms with Crippen molar-refractivity contribution in [2.24, 2.45) is 0 Å². The summed E-state index contributed by atoms with van der Waals surface area (Å²) in [4.78, 5) is 22.7. The molecule has 1 aromatic rings. The molecule has 0 aliphatic heterocycles. The minimum absolute atomic E-state index is 0.124. The lowest BCUT2D eigenvalue weighted by molar-refractivity contribution is -0.141. The van der Waals surface area contributed by atoms with Gasteiger partial charge in [-0.2, -0.15) is 11.8 Å². The molecule has 21 heavy (non-hydrogen) atoms. The van der Waals surface area contributed by atoms with Crippen LogP contribution in [0.1, 0.15) is 12.8 Å². The summed E-state index contributed by atoms with van der Waals surface area (Å²) in [7, 11) is 0. The van der Waals surface area contributed by atoms with Crippen molar-refractivity contribution in [3.63, 3.8) is 0 Å². The summed E-state index contributed by atoms with van der Waals surface area (Å²) in [6.45, 7) is 0.211. The summed E-state index contributed by atoms with van der Waals surface area (Å²) in [5.41, 5.74) is 0. The predicted molar refractivity (Wildman–Crippen MR) is 86.8 cm³/mol. The van der Waals surface area contributed by atoms with Crippen molar-refractivity contribution >= 4 is 39.6 Å². The molecule has 1 unspecified atom stereocenters. The Balaban J connectivity index is 2.32. The molecule has 0 spiro atoms. The Hall–Kier alpha value is -1.21. The molecule has 0 heterocycles. The number of aliphatic carboxylic acids is 1. The topological polar surface area (TPSA) is 75.6 Å². The van der Waals surface area contributed by atoms with Crippen LogP contribution in [0.2, 0.25) is 0 Å². The molecule has 0 fully saturated rings. The second kappa shape index (κ2) is 9.68. The van der Waals surface area contributed by atoms with Gasteiger partial charge in [-0.05, 0) is 42.7 Å². The number of thioether (sulfide) groups is 1. The van der Waals surface area contributed by atoms with Crippen molar-refractivity contribution in [3.05, 3.63) is 28.7 Å². The van der Waals surface area contributed by atoms with Crippen LogP contribution in [0.4, 0.5) is 0 Å². The van der Waals surface area contributed by atoms with Crippen LogP contribution in [0.5, 0.6) is 5.75 Å². The van der Waals surface area contributed by atoms with Crippen molar-refractivity contribution < 1.29 is 19.4 Å². The number of carbonyl (C=O) groups is 2. The number of ether oxygens (including phenoxy) is 1. The van der Waals surface area contributed by atoms with Crippen LogP contribution in [0.3, 0.4) is 0 Å². The van der Waals surface area contributed by atoms with Crippen LogP contribution in [0, 0.1) is 0 Å². The summed E-state index contributed by atoms with van der Waals surface area (Å²) >= 11 is 4.87. The van der Waals surface area contributed by atoms with Gasteiger partial charge in [0.05, 0.1) is 13.0 Å². The Labute approximate surface area is 136 Å². The van der Waals surface area contributed by atoms with Crippen LogP contribution >= 0.6 is 27.7 Å². The summed E-state index contributed by atoms with van der Waals surface area (Å²) in [5.74, 6) is 0.0297. The highest BCUT2D eigenvalue weighted by atomic mass is 79.9. The molecule has 0 radical (unpaired) electrons. The van der Waals surface area contributed by atoms with Gasteiger partial charge in [0.25, 0.3) is 0 Å². The average molecular weight is 376 g/mol. The van der Waals surface area contributed by atoms with Crippen molar-refractivity contribution in [3.8, 4) is 5.75 Å². The number of benzene rings is 1. The highest BCUT2D eigenvalue weighted by Crippen LogP contribution is 2.16. The number of halogens is 1. The van der Waals surface area contributed by atoms with Gasteiger partial charge in [-0.1, -0.05) is 15.9 Å². The third-order valence-electron chi connectivity index (χ3n) is 2.66. The fraction of sp³-hybridized carbons (Fsp3) is 0.429. The van der Waals surface area contributed by atoms with E-state index in [1.807, 2.05) is 18.4 Å². The van der Waals surface area contributed by atoms with E-state index in [0.717, 1.165) is 4.47 Å². The number of hydrogen-bond acceptors (Lipinski definition) is 4. The maximum atomic E-state index is 11.7. The number of nitrogens with one attached hydrogen (secondary N) is 1. The number of carboxylic acids is 1. The standard InChI is InChI=1S/C14H18BrNO4S/c1-21-9-7-12(14(18)19)16-13(17)6-8-20-11-4-2-10(15)3-5-11/h2-5,12H,6-9H2,1H3,(H,16,17)(H,18,19). The quantitative estimate of drug-likeness (QED) is 0.693. The molecule has 2 N–H and O–H groups in total. The van der Waals surface area contributed by atoms with E-state index in [9.17, 15) is 9.59 Å². The maximum absolute atomic E-state index is 11.7. The first-order valence-corrected chi connectivity index (χ1v) is 8.61. The molecule has 1 amide bonds. The Bertz CT molecular complexity index is 467. The van der Waals surface area contributed by atoms with E-state index in [4.69, 9.17) is 9.84 Å². The molecule has 0 aromatic heterocycles. The van der Waals surface area contributed by atoms with E-state index in [-0.39, 0.29) is 18.9 Å². The van der Waals surface area contributed by atoms with E-state index >= 15 is 0 Å². The number of hydrogen-bond donors (Lipinski definition) is 2. The fourth-order valence-corrected chi connectivity index (χ4v) is 2.29. The lowest BCUT2D eigenvalue weighted by atomic mass is 10.2. The number of carbonyl (C=O) groups excluding carboxylic acids is 1. The van der Waals surface area contributed by atoms with E-state index in [0.29, 0.717) is 17.9 Å². The monoisotopic (exact) mass is 375 g/mol. The van der Waals surface area contributed by atoms with E-state index < -0.39 is 12.0 Å². The maximum Gasteiger partial charge on any atom is 0.326 e. The van der Waals surface area contributed by atoms with Gasteiger partial charge in [0.2, 0.25) is 5.91 Å². The molecular formula is C14H18BrNO4S. The minimum atomic E-state index is -1.01. The van der Waals surface area contributed by atoms with E-state index in [1.54, 1.807) is 23.9 Å². The Morgan fingerprint density at radius 1 is 1.38 bits per heavy atom. The summed E-state index contributed by atoms with van der Waals surface area (Å²) in [6, 6.07) is 6.44. The lowest BCUT2D eigenvalue weighted by Crippen LogP contribution is -2.41. The largest absolute Gasteiger partial charge is 0.493 e. The molecule has 0 aliphatic carbocycles. The van der Waals surface area contributed by atoms with Gasteiger partial charge in [0.1, 0.15) is 11.8 Å². The van der Waals surface area contributed by atoms with E-state index in [2.05, 4.69) is 21.2 Å². The Morgan fingerprint density at radius 3 is 2.62 bits per heavy atom. The molecule has 1 atom stereocenters. The highest BCUT2D eigenvalue weighted by Gasteiger charge is 2.19. The third-order valence-corrected chi connectivity index (χ3v) is 3.83. The van der Waals surface area contributed by atoms with Gasteiger partial charge < -0.3 is 15.2 Å². The number of carboxylic acid groups (broad SMARTS) is 1. The minimum Gasteiger partial charge on any atom is -0.493 e. The molecule has 0 saturated carbocycles. The molecule has 1 aromatic carbocycles. The van der Waals surface area contributed by atoms with Gasteiger partial charge in [0.15, 0.2) is 0 Å². The van der Waals surface area contributed by atoms with Gasteiger partial charge >= 0.3 is 5.97 Å². The second-order valence-corrected chi connectivity index (χ2v) is 6.19. The van der Waals surface area contributed by atoms with Crippen molar-refractivity contribution in [1.29, 1.82) is 0 Å². The molecule has 1 rings (SSSR count). The number of rotatable bonds is 9. The van der Waals surface area contributed by atoms with Crippen molar-refractivity contribution in [2.75, 3.05) is 18.6 Å². The van der Waals surface area contributed by atoms with E-state index in [1.165, 1.54) is 0 Å². The summed E-state index contributed by atoms with van der Waals surface area (Å²) in [5, 5.41) is 11.5. The SMILES string of the molecule is CSCCC(NC(=O)CCOc1ccc(Br)cc1)C(=O)O. The molecular weight excluding hydrogens is 358 g/mol. The molecule has 0 bridgehead atoms. The second-order valence-electron chi connectivity index (χ2n) is 4.29. The van der Waals surface area contributed by atoms with Crippen LogP contribution in [0.15, 0.2) is 28.7 Å². The average Bonchev–Trinajstić information content (AvgIpc) is 2.45. The van der Waals surface area contributed by atoms with Crippen LogP contribution < -0.4 is 10.1 Å². The molecule has 5 nitrogen and oxygen atoms in total. The first kappa shape index (κ1) is 17.8. The Morgan fingerprint density at radius 2 is 2.05 bits per heavy atom.